The Balaban J connectivity index is 1.95. The maximum Gasteiger partial charge on any atom is 0.330 e. The Morgan fingerprint density at radius 3 is 2.66 bits per heavy atom. The zero-order valence-electron chi connectivity index (χ0n) is 19.3. The summed E-state index contributed by atoms with van der Waals surface area (Å²) in [4.78, 5) is 32.5. The molecule has 0 fully saturated rings. The first kappa shape index (κ1) is 23.8. The van der Waals surface area contributed by atoms with Gasteiger partial charge in [-0.25, -0.2) is 18.6 Å². The minimum absolute atomic E-state index is 0.0222. The number of aromatic amines is 1. The molecule has 2 heterocycles. The lowest BCUT2D eigenvalue weighted by Crippen LogP contribution is -2.10. The molecule has 2 aromatic carbocycles. The molecule has 0 unspecified atom stereocenters. The van der Waals surface area contributed by atoms with Crippen molar-refractivity contribution in [2.75, 3.05) is 6.61 Å². The largest absolute Gasteiger partial charge is 0.463 e. The number of ether oxygens (including phenoxy) is 2. The van der Waals surface area contributed by atoms with Gasteiger partial charge in [-0.3, -0.25) is 4.79 Å². The number of pyridine rings is 2. The smallest absolute Gasteiger partial charge is 0.330 e. The summed E-state index contributed by atoms with van der Waals surface area (Å²) in [6.45, 7) is 5.00. The fourth-order valence-electron chi connectivity index (χ4n) is 3.62. The molecular weight excluding hydrogens is 454 g/mol. The molecular formula is C27H22F2N2O4. The van der Waals surface area contributed by atoms with Crippen LogP contribution in [0.25, 0.3) is 28.2 Å². The van der Waals surface area contributed by atoms with E-state index < -0.39 is 17.6 Å². The summed E-state index contributed by atoms with van der Waals surface area (Å²) in [7, 11) is 0. The zero-order chi connectivity index (χ0) is 25.1. The molecule has 0 aliphatic heterocycles. The van der Waals surface area contributed by atoms with Crippen LogP contribution in [0.2, 0.25) is 0 Å². The zero-order valence-corrected chi connectivity index (χ0v) is 19.3. The quantitative estimate of drug-likeness (QED) is 0.279. The van der Waals surface area contributed by atoms with Crippen molar-refractivity contribution < 1.29 is 23.0 Å². The molecule has 178 valence electrons. The van der Waals surface area contributed by atoms with Crippen molar-refractivity contribution in [1.82, 2.24) is 9.97 Å². The number of aromatic nitrogens is 2. The number of rotatable bonds is 6. The van der Waals surface area contributed by atoms with E-state index in [0.29, 0.717) is 22.5 Å². The first-order valence-corrected chi connectivity index (χ1v) is 10.9. The van der Waals surface area contributed by atoms with E-state index in [1.54, 1.807) is 26.0 Å². The molecule has 2 aromatic heterocycles. The van der Waals surface area contributed by atoms with Crippen LogP contribution in [0, 0.1) is 25.5 Å². The van der Waals surface area contributed by atoms with Crippen LogP contribution in [0.3, 0.4) is 0 Å². The van der Waals surface area contributed by atoms with Gasteiger partial charge in [0.15, 0.2) is 17.1 Å². The number of benzene rings is 2. The Labute approximate surface area is 199 Å². The van der Waals surface area contributed by atoms with Gasteiger partial charge in [0.05, 0.1) is 23.4 Å². The molecule has 35 heavy (non-hydrogen) atoms. The first-order chi connectivity index (χ1) is 16.8. The topological polar surface area (TPSA) is 81.3 Å². The molecule has 0 bridgehead atoms. The number of esters is 1. The fraction of sp³-hybridized carbons (Fsp3) is 0.148. The number of carbonyl (C=O) groups excluding carboxylic acids is 1. The number of para-hydroxylation sites is 1. The number of halogens is 2. The van der Waals surface area contributed by atoms with E-state index in [4.69, 9.17) is 9.47 Å². The highest BCUT2D eigenvalue weighted by Gasteiger charge is 2.19. The second kappa shape index (κ2) is 9.89. The first-order valence-electron chi connectivity index (χ1n) is 10.9. The minimum atomic E-state index is -1.02. The van der Waals surface area contributed by atoms with Gasteiger partial charge in [0, 0.05) is 34.3 Å². The number of hydrogen-bond acceptors (Lipinski definition) is 5. The third kappa shape index (κ3) is 4.96. The number of aryl methyl sites for hydroxylation is 1. The number of fused-ring (bicyclic) bond motifs is 1. The van der Waals surface area contributed by atoms with Crippen molar-refractivity contribution in [3.63, 3.8) is 0 Å². The second-order valence-electron chi connectivity index (χ2n) is 7.81. The maximum absolute atomic E-state index is 14.2. The summed E-state index contributed by atoms with van der Waals surface area (Å²) in [6, 6.07) is 12.8. The average molecular weight is 476 g/mol. The molecule has 0 aliphatic carbocycles. The molecule has 0 saturated carbocycles. The Morgan fingerprint density at radius 2 is 1.89 bits per heavy atom. The molecule has 4 aromatic rings. The van der Waals surface area contributed by atoms with E-state index in [-0.39, 0.29) is 34.8 Å². The highest BCUT2D eigenvalue weighted by Crippen LogP contribution is 2.36. The third-order valence-corrected chi connectivity index (χ3v) is 5.33. The van der Waals surface area contributed by atoms with E-state index in [2.05, 4.69) is 9.97 Å². The standard InChI is InChI=1S/C27H22F2N2O4/c1-4-34-24(33)12-9-18-22(32)13-15(2)30-26(18)19-14-17-7-5-6-8-21(17)31-27(19)35-23-11-10-20(28)25(29)16(23)3/h5-14H,4H2,1-3H3,(H,30,32)/b12-9+. The summed E-state index contributed by atoms with van der Waals surface area (Å²) in [5.41, 5.74) is 1.76. The predicted octanol–water partition coefficient (Wildman–Crippen LogP) is 5.85. The number of H-pyrrole nitrogens is 1. The second-order valence-corrected chi connectivity index (χ2v) is 7.81. The van der Waals surface area contributed by atoms with Crippen molar-refractivity contribution in [3.8, 4) is 22.9 Å². The monoisotopic (exact) mass is 476 g/mol. The molecule has 1 N–H and O–H groups in total. The number of carbonyl (C=O) groups is 1. The van der Waals surface area contributed by atoms with Gasteiger partial charge in [-0.1, -0.05) is 18.2 Å². The fourth-order valence-corrected chi connectivity index (χ4v) is 3.62. The van der Waals surface area contributed by atoms with Crippen molar-refractivity contribution in [1.29, 1.82) is 0 Å². The van der Waals surface area contributed by atoms with Crippen LogP contribution in [0.5, 0.6) is 11.6 Å². The lowest BCUT2D eigenvalue weighted by molar-refractivity contribution is -0.137. The van der Waals surface area contributed by atoms with Crippen LogP contribution < -0.4 is 10.2 Å². The van der Waals surface area contributed by atoms with Crippen molar-refractivity contribution in [2.45, 2.75) is 20.8 Å². The van der Waals surface area contributed by atoms with E-state index in [9.17, 15) is 18.4 Å². The van der Waals surface area contributed by atoms with E-state index in [1.807, 2.05) is 18.2 Å². The lowest BCUT2D eigenvalue weighted by atomic mass is 10.0. The van der Waals surface area contributed by atoms with Gasteiger partial charge in [-0.05, 0) is 51.1 Å². The normalized spacial score (nSPS) is 11.2. The highest BCUT2D eigenvalue weighted by molar-refractivity contribution is 5.91. The highest BCUT2D eigenvalue weighted by atomic mass is 19.2. The molecule has 0 saturated heterocycles. The minimum Gasteiger partial charge on any atom is -0.463 e. The Morgan fingerprint density at radius 1 is 1.11 bits per heavy atom. The van der Waals surface area contributed by atoms with Crippen molar-refractivity contribution in [2.24, 2.45) is 0 Å². The Hall–Kier alpha value is -4.33. The van der Waals surface area contributed by atoms with Crippen LogP contribution >= 0.6 is 0 Å². The summed E-state index contributed by atoms with van der Waals surface area (Å²) in [5, 5.41) is 0.763. The summed E-state index contributed by atoms with van der Waals surface area (Å²) in [5.74, 6) is -2.46. The molecule has 0 atom stereocenters. The van der Waals surface area contributed by atoms with E-state index in [0.717, 1.165) is 11.5 Å². The SMILES string of the molecule is CCOC(=O)/C=C/c1c(-c2cc3ccccc3nc2Oc2ccc(F)c(F)c2C)[nH]c(C)cc1=O. The number of hydrogen-bond donors (Lipinski definition) is 1. The summed E-state index contributed by atoms with van der Waals surface area (Å²) in [6.07, 6.45) is 2.54. The van der Waals surface area contributed by atoms with Crippen molar-refractivity contribution >= 4 is 22.9 Å². The van der Waals surface area contributed by atoms with Crippen LogP contribution in [0.4, 0.5) is 8.78 Å². The van der Waals surface area contributed by atoms with Gasteiger partial charge < -0.3 is 14.5 Å². The average Bonchev–Trinajstić information content (AvgIpc) is 2.83. The molecule has 6 nitrogen and oxygen atoms in total. The molecule has 0 spiro atoms. The number of nitrogens with zero attached hydrogens (tertiary/aromatic N) is 1. The maximum atomic E-state index is 14.2. The number of nitrogens with one attached hydrogen (secondary N) is 1. The molecule has 0 aliphatic rings. The lowest BCUT2D eigenvalue weighted by Gasteiger charge is -2.15. The van der Waals surface area contributed by atoms with E-state index >= 15 is 0 Å². The van der Waals surface area contributed by atoms with Gasteiger partial charge in [0.1, 0.15) is 5.75 Å². The predicted molar refractivity (Wildman–Crippen MR) is 129 cm³/mol. The molecule has 0 amide bonds. The van der Waals surface area contributed by atoms with Gasteiger partial charge in [0.2, 0.25) is 5.88 Å². The summed E-state index contributed by atoms with van der Waals surface area (Å²) >= 11 is 0. The molecule has 0 radical (unpaired) electrons. The van der Waals surface area contributed by atoms with Gasteiger partial charge in [-0.15, -0.1) is 0 Å². The Kier molecular flexibility index (Phi) is 6.73. The van der Waals surface area contributed by atoms with Crippen LogP contribution in [-0.4, -0.2) is 22.5 Å². The van der Waals surface area contributed by atoms with Gasteiger partial charge in [-0.2, -0.15) is 0 Å². The third-order valence-electron chi connectivity index (χ3n) is 5.33. The van der Waals surface area contributed by atoms with E-state index in [1.165, 1.54) is 31.2 Å². The summed E-state index contributed by atoms with van der Waals surface area (Å²) < 4.78 is 38.8. The Bertz CT molecular complexity index is 1530. The van der Waals surface area contributed by atoms with Gasteiger partial charge >= 0.3 is 5.97 Å². The van der Waals surface area contributed by atoms with Crippen LogP contribution in [0.15, 0.2) is 59.4 Å². The van der Waals surface area contributed by atoms with Crippen LogP contribution in [-0.2, 0) is 9.53 Å². The van der Waals surface area contributed by atoms with Crippen LogP contribution in [0.1, 0.15) is 23.7 Å². The van der Waals surface area contributed by atoms with Gasteiger partial charge in [0.25, 0.3) is 0 Å². The molecule has 8 heteroatoms. The van der Waals surface area contributed by atoms with Crippen molar-refractivity contribution in [3.05, 3.63) is 93.3 Å². The molecule has 4 rings (SSSR count).